The van der Waals surface area contributed by atoms with Crippen LogP contribution in [0.4, 0.5) is 0 Å². The molecular weight excluding hydrogens is 472 g/mol. The normalized spacial score (nSPS) is 30.7. The van der Waals surface area contributed by atoms with Gasteiger partial charge in [-0.1, -0.05) is 12.5 Å². The van der Waals surface area contributed by atoms with Crippen molar-refractivity contribution in [1.82, 2.24) is 0 Å². The molecule has 36 heavy (non-hydrogen) atoms. The molecule has 1 spiro atoms. The van der Waals surface area contributed by atoms with E-state index in [1.165, 1.54) is 6.92 Å². The molecule has 1 aromatic rings. The zero-order valence-electron chi connectivity index (χ0n) is 20.0. The summed E-state index contributed by atoms with van der Waals surface area (Å²) in [6.45, 7) is 2.20. The molecule has 1 aromatic carbocycles. The summed E-state index contributed by atoms with van der Waals surface area (Å²) in [5, 5.41) is 32.2. The predicted molar refractivity (Wildman–Crippen MR) is 121 cm³/mol. The highest BCUT2D eigenvalue weighted by Crippen LogP contribution is 2.67. The number of carboxylic acids is 1. The SMILES string of the molecule is CC(=O)C[C@H](C(=O)O)[C@H](OC(C)=O)C(=O)OC1=CC[C@@]2(O)[C@@H]3CCC[C@@]24c2c(ccc(O)c2O[C@@H]14)C3. The van der Waals surface area contributed by atoms with Gasteiger partial charge in [0.25, 0.3) is 0 Å². The topological polar surface area (TPSA) is 157 Å². The van der Waals surface area contributed by atoms with Gasteiger partial charge in [0.1, 0.15) is 17.5 Å². The lowest BCUT2D eigenvalue weighted by Gasteiger charge is -2.59. The van der Waals surface area contributed by atoms with E-state index in [1.54, 1.807) is 12.1 Å². The van der Waals surface area contributed by atoms with Crippen molar-refractivity contribution in [2.75, 3.05) is 0 Å². The highest BCUT2D eigenvalue weighted by atomic mass is 16.6. The summed E-state index contributed by atoms with van der Waals surface area (Å²) < 4.78 is 16.9. The second-order valence-corrected chi connectivity index (χ2v) is 10.2. The number of esters is 2. The molecule has 1 saturated carbocycles. The number of ether oxygens (including phenoxy) is 3. The van der Waals surface area contributed by atoms with E-state index in [0.717, 1.165) is 30.9 Å². The van der Waals surface area contributed by atoms with Gasteiger partial charge < -0.3 is 29.5 Å². The zero-order chi connectivity index (χ0) is 26.0. The van der Waals surface area contributed by atoms with Gasteiger partial charge in [-0.15, -0.1) is 0 Å². The molecule has 3 aliphatic carbocycles. The Hall–Kier alpha value is -3.40. The summed E-state index contributed by atoms with van der Waals surface area (Å²) in [6.07, 6.45) is 1.19. The number of phenols is 1. The fraction of sp³-hybridized carbons (Fsp3) is 0.538. The maximum absolute atomic E-state index is 13.2. The number of phenolic OH excluding ortho intramolecular Hbond substituents is 1. The van der Waals surface area contributed by atoms with Gasteiger partial charge in [0.05, 0.1) is 11.0 Å². The van der Waals surface area contributed by atoms with Crippen LogP contribution in [0.3, 0.4) is 0 Å². The smallest absolute Gasteiger partial charge is 0.353 e. The van der Waals surface area contributed by atoms with Crippen molar-refractivity contribution in [3.63, 3.8) is 0 Å². The lowest BCUT2D eigenvalue weighted by atomic mass is 9.47. The highest BCUT2D eigenvalue weighted by molar-refractivity contribution is 5.89. The minimum absolute atomic E-state index is 0.0467. The highest BCUT2D eigenvalue weighted by Gasteiger charge is 2.71. The Morgan fingerprint density at radius 2 is 1.97 bits per heavy atom. The van der Waals surface area contributed by atoms with Crippen LogP contribution in [0.25, 0.3) is 0 Å². The van der Waals surface area contributed by atoms with Crippen LogP contribution < -0.4 is 4.74 Å². The van der Waals surface area contributed by atoms with Gasteiger partial charge in [-0.2, -0.15) is 0 Å². The van der Waals surface area contributed by atoms with Gasteiger partial charge in [-0.05, 0) is 56.2 Å². The van der Waals surface area contributed by atoms with Crippen molar-refractivity contribution in [1.29, 1.82) is 0 Å². The van der Waals surface area contributed by atoms with Gasteiger partial charge in [0.2, 0.25) is 6.10 Å². The van der Waals surface area contributed by atoms with Crippen LogP contribution in [0.1, 0.15) is 57.1 Å². The van der Waals surface area contributed by atoms with Crippen LogP contribution in [0, 0.1) is 11.8 Å². The standard InChI is InChI=1S/C26H28O10/c1-12(27)10-16(23(30)31)20(34-13(2)28)24(32)35-18-7-9-26(33)15-4-3-8-25(26)19-14(11-15)5-6-17(29)21(19)36-22(18)25/h5-7,15-16,20,22,29,33H,3-4,8-11H2,1-2H3,(H,30,31)/t15-,16+,20+,22+,25+,26-/m1/s1. The first-order chi connectivity index (χ1) is 17.0. The second kappa shape index (κ2) is 8.33. The summed E-state index contributed by atoms with van der Waals surface area (Å²) in [4.78, 5) is 48.4. The summed E-state index contributed by atoms with van der Waals surface area (Å²) >= 11 is 0. The van der Waals surface area contributed by atoms with Crippen LogP contribution in [0.2, 0.25) is 0 Å². The number of carbonyl (C=O) groups excluding carboxylic acids is 3. The molecular formula is C26H28O10. The summed E-state index contributed by atoms with van der Waals surface area (Å²) in [7, 11) is 0. The molecule has 10 nitrogen and oxygen atoms in total. The van der Waals surface area contributed by atoms with E-state index >= 15 is 0 Å². The van der Waals surface area contributed by atoms with Crippen LogP contribution in [0.5, 0.6) is 11.5 Å². The Balaban J connectivity index is 1.53. The second-order valence-electron chi connectivity index (χ2n) is 10.2. The quantitative estimate of drug-likeness (QED) is 0.473. The molecule has 0 amide bonds. The average Bonchev–Trinajstić information content (AvgIpc) is 3.14. The minimum Gasteiger partial charge on any atom is -0.504 e. The number of aromatic hydroxyl groups is 1. The van der Waals surface area contributed by atoms with Crippen molar-refractivity contribution < 1.29 is 48.7 Å². The van der Waals surface area contributed by atoms with E-state index in [-0.39, 0.29) is 29.6 Å². The van der Waals surface area contributed by atoms with Gasteiger partial charge in [-0.3, -0.25) is 14.4 Å². The van der Waals surface area contributed by atoms with Crippen LogP contribution in [0.15, 0.2) is 24.0 Å². The predicted octanol–water partition coefficient (Wildman–Crippen LogP) is 1.92. The van der Waals surface area contributed by atoms with E-state index in [0.29, 0.717) is 12.8 Å². The monoisotopic (exact) mass is 500 g/mol. The van der Waals surface area contributed by atoms with Crippen LogP contribution in [-0.4, -0.2) is 56.8 Å². The molecule has 3 N–H and O–H groups in total. The third-order valence-corrected chi connectivity index (χ3v) is 8.20. The lowest BCUT2D eigenvalue weighted by Crippen LogP contribution is -2.67. The van der Waals surface area contributed by atoms with Crippen molar-refractivity contribution in [3.05, 3.63) is 35.1 Å². The number of ketones is 1. The fourth-order valence-electron chi connectivity index (χ4n) is 6.81. The number of hydrogen-bond donors (Lipinski definition) is 3. The van der Waals surface area contributed by atoms with E-state index in [1.807, 2.05) is 6.07 Å². The number of carbonyl (C=O) groups is 4. The van der Waals surface area contributed by atoms with Crippen molar-refractivity contribution in [2.45, 2.75) is 75.6 Å². The number of hydrogen-bond acceptors (Lipinski definition) is 9. The third-order valence-electron chi connectivity index (χ3n) is 8.20. The largest absolute Gasteiger partial charge is 0.504 e. The number of carboxylic acid groups (broad SMARTS) is 1. The van der Waals surface area contributed by atoms with E-state index in [9.17, 15) is 34.5 Å². The third kappa shape index (κ3) is 3.34. The van der Waals surface area contributed by atoms with Crippen LogP contribution >= 0.6 is 0 Å². The molecule has 5 rings (SSSR count). The number of aliphatic hydroxyl groups is 1. The van der Waals surface area contributed by atoms with E-state index in [4.69, 9.17) is 14.2 Å². The molecule has 0 radical (unpaired) electrons. The molecule has 4 aliphatic rings. The summed E-state index contributed by atoms with van der Waals surface area (Å²) in [5.74, 6) is -5.51. The molecule has 1 fully saturated rings. The van der Waals surface area contributed by atoms with Gasteiger partial charge in [0, 0.05) is 18.9 Å². The van der Waals surface area contributed by atoms with Crippen molar-refractivity contribution in [2.24, 2.45) is 11.8 Å². The van der Waals surface area contributed by atoms with Crippen molar-refractivity contribution >= 4 is 23.7 Å². The Bertz CT molecular complexity index is 1200. The van der Waals surface area contributed by atoms with Gasteiger partial charge in [-0.25, -0.2) is 4.79 Å². The fourth-order valence-corrected chi connectivity index (χ4v) is 6.81. The van der Waals surface area contributed by atoms with E-state index < -0.39 is 59.3 Å². The number of benzene rings is 1. The molecule has 6 atom stereocenters. The van der Waals surface area contributed by atoms with Crippen LogP contribution in [-0.2, 0) is 40.5 Å². The lowest BCUT2D eigenvalue weighted by molar-refractivity contribution is -0.178. The van der Waals surface area contributed by atoms with E-state index in [2.05, 4.69) is 0 Å². The Labute approximate surface area is 206 Å². The van der Waals surface area contributed by atoms with Crippen molar-refractivity contribution in [3.8, 4) is 11.5 Å². The number of Topliss-reactive ketones (excluding diaryl/α,β-unsaturated/α-hetero) is 1. The zero-order valence-corrected chi connectivity index (χ0v) is 20.0. The Kier molecular flexibility index (Phi) is 5.62. The molecule has 1 aliphatic heterocycles. The molecule has 10 heteroatoms. The maximum Gasteiger partial charge on any atom is 0.353 e. The number of aliphatic carboxylic acids is 1. The average molecular weight is 501 g/mol. The Morgan fingerprint density at radius 3 is 2.64 bits per heavy atom. The first-order valence-electron chi connectivity index (χ1n) is 12.0. The molecule has 0 aromatic heterocycles. The first-order valence-corrected chi connectivity index (χ1v) is 12.0. The molecule has 2 bridgehead atoms. The minimum atomic E-state index is -1.86. The first kappa shape index (κ1) is 24.3. The summed E-state index contributed by atoms with van der Waals surface area (Å²) in [5.41, 5.74) is -0.433. The molecule has 0 unspecified atom stereocenters. The number of rotatable bonds is 7. The molecule has 0 saturated heterocycles. The Morgan fingerprint density at radius 1 is 1.22 bits per heavy atom. The molecule has 1 heterocycles. The summed E-state index contributed by atoms with van der Waals surface area (Å²) in [6, 6.07) is 3.38. The van der Waals surface area contributed by atoms with Gasteiger partial charge >= 0.3 is 17.9 Å². The maximum atomic E-state index is 13.2. The molecule has 192 valence electrons. The van der Waals surface area contributed by atoms with Gasteiger partial charge in [0.15, 0.2) is 17.6 Å².